The van der Waals surface area contributed by atoms with E-state index in [0.717, 1.165) is 32.4 Å². The molecule has 0 saturated carbocycles. The molecule has 5 rings (SSSR count). The number of imide groups is 2. The summed E-state index contributed by atoms with van der Waals surface area (Å²) in [7, 11) is 0. The van der Waals surface area contributed by atoms with Gasteiger partial charge in [-0.1, -0.05) is 66.7 Å². The van der Waals surface area contributed by atoms with Crippen LogP contribution in [0.2, 0.25) is 0 Å². The third-order valence-corrected chi connectivity index (χ3v) is 6.33. The van der Waals surface area contributed by atoms with Crippen LogP contribution in [0.4, 0.5) is 10.5 Å². The average molecular weight is 477 g/mol. The van der Waals surface area contributed by atoms with Gasteiger partial charge < -0.3 is 4.74 Å². The van der Waals surface area contributed by atoms with Crippen LogP contribution < -0.4 is 15.0 Å². The summed E-state index contributed by atoms with van der Waals surface area (Å²) in [6.07, 6.45) is 1.47. The van der Waals surface area contributed by atoms with Gasteiger partial charge in [-0.05, 0) is 65.6 Å². The number of hydrogen-bond donors (Lipinski definition) is 1. The van der Waals surface area contributed by atoms with Gasteiger partial charge in [0.1, 0.15) is 17.9 Å². The Morgan fingerprint density at radius 1 is 0.833 bits per heavy atom. The summed E-state index contributed by atoms with van der Waals surface area (Å²) >= 11 is 0. The summed E-state index contributed by atoms with van der Waals surface area (Å²) in [5.74, 6) is -0.905. The van der Waals surface area contributed by atoms with Crippen molar-refractivity contribution in [2.75, 3.05) is 4.90 Å². The lowest BCUT2D eigenvalue weighted by atomic mass is 10.0. The summed E-state index contributed by atoms with van der Waals surface area (Å²) in [5.41, 5.74) is 3.81. The van der Waals surface area contributed by atoms with E-state index in [4.69, 9.17) is 4.74 Å². The van der Waals surface area contributed by atoms with Crippen molar-refractivity contribution in [1.82, 2.24) is 5.32 Å². The smallest absolute Gasteiger partial charge is 0.335 e. The molecular weight excluding hydrogens is 452 g/mol. The number of benzene rings is 4. The quantitative estimate of drug-likeness (QED) is 0.296. The van der Waals surface area contributed by atoms with Crippen molar-refractivity contribution in [2.24, 2.45) is 0 Å². The fourth-order valence-corrected chi connectivity index (χ4v) is 4.22. The van der Waals surface area contributed by atoms with E-state index in [1.54, 1.807) is 30.3 Å². The predicted molar refractivity (Wildman–Crippen MR) is 140 cm³/mol. The molecule has 1 N–H and O–H groups in total. The zero-order valence-electron chi connectivity index (χ0n) is 19.9. The maximum Gasteiger partial charge on any atom is 0.335 e. The van der Waals surface area contributed by atoms with E-state index in [2.05, 4.69) is 5.32 Å². The molecule has 0 atom stereocenters. The number of para-hydroxylation sites is 1. The standard InChI is InChI=1S/C30H24N2O4/c1-19-14-15-24(16-20(19)2)32-29(34)26(28(33)31-30(32)35)17-22-9-4-6-13-27(22)36-18-23-11-7-10-21-8-3-5-12-25(21)23/h3-17H,18H2,1-2H3,(H,31,33,35)/b26-17+. The van der Waals surface area contributed by atoms with E-state index in [-0.39, 0.29) is 5.57 Å². The third-order valence-electron chi connectivity index (χ3n) is 6.33. The summed E-state index contributed by atoms with van der Waals surface area (Å²) in [6.45, 7) is 4.16. The van der Waals surface area contributed by atoms with Crippen LogP contribution in [0.5, 0.6) is 5.75 Å². The molecular formula is C30H24N2O4. The van der Waals surface area contributed by atoms with Crippen LogP contribution in [0.25, 0.3) is 16.8 Å². The minimum Gasteiger partial charge on any atom is -0.488 e. The second-order valence-corrected chi connectivity index (χ2v) is 8.69. The number of carbonyl (C=O) groups is 3. The molecule has 4 aromatic rings. The van der Waals surface area contributed by atoms with Gasteiger partial charge in [-0.2, -0.15) is 0 Å². The SMILES string of the molecule is Cc1ccc(N2C(=O)NC(=O)/C(=C\c3ccccc3OCc3cccc4ccccc34)C2=O)cc1C. The van der Waals surface area contributed by atoms with E-state index in [1.165, 1.54) is 6.08 Å². The molecule has 0 aromatic heterocycles. The van der Waals surface area contributed by atoms with Gasteiger partial charge in [0, 0.05) is 5.56 Å². The number of rotatable bonds is 5. The van der Waals surface area contributed by atoms with Crippen LogP contribution >= 0.6 is 0 Å². The van der Waals surface area contributed by atoms with Gasteiger partial charge >= 0.3 is 6.03 Å². The van der Waals surface area contributed by atoms with Crippen molar-refractivity contribution >= 4 is 40.4 Å². The summed E-state index contributed by atoms with van der Waals surface area (Å²) < 4.78 is 6.14. The van der Waals surface area contributed by atoms with Crippen LogP contribution in [0.3, 0.4) is 0 Å². The topological polar surface area (TPSA) is 75.7 Å². The van der Waals surface area contributed by atoms with Crippen molar-refractivity contribution < 1.29 is 19.1 Å². The van der Waals surface area contributed by atoms with Crippen molar-refractivity contribution in [2.45, 2.75) is 20.5 Å². The van der Waals surface area contributed by atoms with Crippen molar-refractivity contribution in [3.8, 4) is 5.75 Å². The molecule has 0 unspecified atom stereocenters. The van der Waals surface area contributed by atoms with E-state index in [0.29, 0.717) is 23.6 Å². The van der Waals surface area contributed by atoms with Gasteiger partial charge in [0.2, 0.25) is 0 Å². The number of aryl methyl sites for hydroxylation is 2. The maximum absolute atomic E-state index is 13.3. The zero-order valence-corrected chi connectivity index (χ0v) is 19.9. The lowest BCUT2D eigenvalue weighted by molar-refractivity contribution is -0.122. The van der Waals surface area contributed by atoms with Crippen LogP contribution in [-0.2, 0) is 16.2 Å². The number of barbiturate groups is 1. The number of amides is 4. The van der Waals surface area contributed by atoms with Gasteiger partial charge in [0.05, 0.1) is 5.69 Å². The van der Waals surface area contributed by atoms with Crippen LogP contribution in [-0.4, -0.2) is 17.8 Å². The highest BCUT2D eigenvalue weighted by molar-refractivity contribution is 6.39. The van der Waals surface area contributed by atoms with Gasteiger partial charge in [0.25, 0.3) is 11.8 Å². The molecule has 4 amide bonds. The molecule has 0 bridgehead atoms. The molecule has 1 aliphatic rings. The minimum atomic E-state index is -0.772. The molecule has 1 saturated heterocycles. The number of fused-ring (bicyclic) bond motifs is 1. The Morgan fingerprint density at radius 3 is 2.42 bits per heavy atom. The molecule has 1 heterocycles. The molecule has 0 aliphatic carbocycles. The summed E-state index contributed by atoms with van der Waals surface area (Å²) in [4.78, 5) is 39.5. The second kappa shape index (κ2) is 9.50. The minimum absolute atomic E-state index is 0.144. The summed E-state index contributed by atoms with van der Waals surface area (Å²) in [6, 6.07) is 25.8. The van der Waals surface area contributed by atoms with Crippen LogP contribution in [0.15, 0.2) is 90.5 Å². The van der Waals surface area contributed by atoms with E-state index in [1.807, 2.05) is 68.4 Å². The Morgan fingerprint density at radius 2 is 1.58 bits per heavy atom. The van der Waals surface area contributed by atoms with Gasteiger partial charge in [0.15, 0.2) is 0 Å². The number of nitrogens with zero attached hydrogens (tertiary/aromatic N) is 1. The van der Waals surface area contributed by atoms with Gasteiger partial charge in [-0.3, -0.25) is 14.9 Å². The first-order valence-corrected chi connectivity index (χ1v) is 11.6. The highest BCUT2D eigenvalue weighted by Crippen LogP contribution is 2.28. The van der Waals surface area contributed by atoms with E-state index in [9.17, 15) is 14.4 Å². The number of urea groups is 1. The average Bonchev–Trinajstić information content (AvgIpc) is 2.88. The molecule has 4 aromatic carbocycles. The van der Waals surface area contributed by atoms with Crippen LogP contribution in [0, 0.1) is 13.8 Å². The van der Waals surface area contributed by atoms with Gasteiger partial charge in [-0.15, -0.1) is 0 Å². The van der Waals surface area contributed by atoms with E-state index >= 15 is 0 Å². The number of ether oxygens (including phenoxy) is 1. The highest BCUT2D eigenvalue weighted by Gasteiger charge is 2.37. The Kier molecular flexibility index (Phi) is 6.09. The van der Waals surface area contributed by atoms with Crippen molar-refractivity contribution in [1.29, 1.82) is 0 Å². The second-order valence-electron chi connectivity index (χ2n) is 8.69. The third kappa shape index (κ3) is 4.36. The molecule has 36 heavy (non-hydrogen) atoms. The fraction of sp³-hybridized carbons (Fsp3) is 0.100. The Balaban J connectivity index is 1.46. The molecule has 6 heteroatoms. The Labute approximate surface area is 208 Å². The largest absolute Gasteiger partial charge is 0.488 e. The molecule has 0 spiro atoms. The number of nitrogens with one attached hydrogen (secondary N) is 1. The predicted octanol–water partition coefficient (Wildman–Crippen LogP) is 5.70. The molecule has 1 aliphatic heterocycles. The van der Waals surface area contributed by atoms with Gasteiger partial charge in [-0.25, -0.2) is 9.69 Å². The maximum atomic E-state index is 13.3. The Hall–Kier alpha value is -4.71. The lowest BCUT2D eigenvalue weighted by Gasteiger charge is -2.27. The number of hydrogen-bond acceptors (Lipinski definition) is 4. The fourth-order valence-electron chi connectivity index (χ4n) is 4.22. The number of carbonyl (C=O) groups excluding carboxylic acids is 3. The molecule has 178 valence electrons. The number of anilines is 1. The summed E-state index contributed by atoms with van der Waals surface area (Å²) in [5, 5.41) is 4.50. The highest BCUT2D eigenvalue weighted by atomic mass is 16.5. The first kappa shape index (κ1) is 23.1. The van der Waals surface area contributed by atoms with E-state index < -0.39 is 17.8 Å². The first-order chi connectivity index (χ1) is 17.4. The zero-order chi connectivity index (χ0) is 25.2. The molecule has 0 radical (unpaired) electrons. The lowest BCUT2D eigenvalue weighted by Crippen LogP contribution is -2.54. The first-order valence-electron chi connectivity index (χ1n) is 11.6. The normalized spacial score (nSPS) is 14.9. The van der Waals surface area contributed by atoms with Crippen molar-refractivity contribution in [3.63, 3.8) is 0 Å². The molecule has 1 fully saturated rings. The van der Waals surface area contributed by atoms with Crippen LogP contribution in [0.1, 0.15) is 22.3 Å². The monoisotopic (exact) mass is 476 g/mol. The van der Waals surface area contributed by atoms with Crippen molar-refractivity contribution in [3.05, 3.63) is 113 Å². The Bertz CT molecular complexity index is 1550. The molecule has 6 nitrogen and oxygen atoms in total.